The first-order valence-corrected chi connectivity index (χ1v) is 5.02. The van der Waals surface area contributed by atoms with Gasteiger partial charge in [0.05, 0.1) is 5.41 Å². The van der Waals surface area contributed by atoms with E-state index in [4.69, 9.17) is 6.58 Å². The second-order valence-electron chi connectivity index (χ2n) is 3.29. The Kier molecular flexibility index (Phi) is 3.48. The molecule has 0 bridgehead atoms. The summed E-state index contributed by atoms with van der Waals surface area (Å²) in [7, 11) is -3.86. The van der Waals surface area contributed by atoms with E-state index in [1.54, 1.807) is 25.5 Å². The molecule has 0 rings (SSSR count). The Hall–Kier alpha value is -1.04. The predicted molar refractivity (Wildman–Crippen MR) is 47.2 cm³/mol. The molecular formula is C7H12NO4S. The molecule has 0 spiro atoms. The van der Waals surface area contributed by atoms with Crippen molar-refractivity contribution in [1.82, 2.24) is 4.72 Å². The molecule has 0 aromatic carbocycles. The number of amides is 1. The molecule has 0 aliphatic carbocycles. The van der Waals surface area contributed by atoms with Crippen LogP contribution in [0.3, 0.4) is 0 Å². The molecule has 75 valence electrons. The fourth-order valence-corrected chi connectivity index (χ4v) is 0.791. The van der Waals surface area contributed by atoms with Gasteiger partial charge >= 0.3 is 6.09 Å². The summed E-state index contributed by atoms with van der Waals surface area (Å²) in [6.07, 6.45) is -1.05. The molecular weight excluding hydrogens is 194 g/mol. The molecule has 0 aliphatic rings. The Labute approximate surface area is 77.8 Å². The van der Waals surface area contributed by atoms with Crippen molar-refractivity contribution in [3.05, 3.63) is 12.0 Å². The largest absolute Gasteiger partial charge is 0.443 e. The van der Waals surface area contributed by atoms with Crippen LogP contribution in [0, 0.1) is 6.58 Å². The Balaban J connectivity index is 4.27. The van der Waals surface area contributed by atoms with Crippen LogP contribution in [-0.4, -0.2) is 20.1 Å². The molecule has 1 radical (unpaired) electrons. The number of carbonyl (C=O) groups excluding carboxylic acids is 1. The topological polar surface area (TPSA) is 72.5 Å². The van der Waals surface area contributed by atoms with Gasteiger partial charge in [-0.3, -0.25) is 0 Å². The molecule has 0 aliphatic heterocycles. The minimum absolute atomic E-state index is 0.386. The molecule has 0 saturated carbocycles. The number of rotatable bonds is 2. The Morgan fingerprint density at radius 2 is 1.92 bits per heavy atom. The summed E-state index contributed by atoms with van der Waals surface area (Å²) in [4.78, 5) is 10.8. The highest BCUT2D eigenvalue weighted by Gasteiger charge is 2.19. The highest BCUT2D eigenvalue weighted by atomic mass is 32.2. The quantitative estimate of drug-likeness (QED) is 0.725. The maximum Gasteiger partial charge on any atom is 0.421 e. The Morgan fingerprint density at radius 3 is 2.23 bits per heavy atom. The van der Waals surface area contributed by atoms with E-state index in [2.05, 4.69) is 4.74 Å². The minimum atomic E-state index is -3.86. The van der Waals surface area contributed by atoms with Gasteiger partial charge in [0, 0.05) is 0 Å². The van der Waals surface area contributed by atoms with Gasteiger partial charge in [0.15, 0.2) is 0 Å². The third kappa shape index (κ3) is 6.15. The molecule has 5 nitrogen and oxygen atoms in total. The van der Waals surface area contributed by atoms with Gasteiger partial charge in [0.1, 0.15) is 5.60 Å². The highest BCUT2D eigenvalue weighted by Crippen LogP contribution is 2.06. The third-order valence-electron chi connectivity index (χ3n) is 0.804. The number of carbonyl (C=O) groups is 1. The number of sulfonamides is 1. The summed E-state index contributed by atoms with van der Waals surface area (Å²) >= 11 is 0. The molecule has 0 fully saturated rings. The second-order valence-corrected chi connectivity index (χ2v) is 4.85. The van der Waals surface area contributed by atoms with Gasteiger partial charge in [-0.2, -0.15) is 0 Å². The lowest BCUT2D eigenvalue weighted by Gasteiger charge is -2.18. The van der Waals surface area contributed by atoms with Crippen molar-refractivity contribution >= 4 is 16.1 Å². The SMILES string of the molecule is [CH]=CS(=O)(=O)NC(=O)OC(C)(C)C. The Bertz CT molecular complexity index is 299. The molecule has 0 aromatic heterocycles. The van der Waals surface area contributed by atoms with Crippen LogP contribution in [0.25, 0.3) is 0 Å². The number of nitrogens with one attached hydrogen (secondary N) is 1. The van der Waals surface area contributed by atoms with E-state index in [9.17, 15) is 13.2 Å². The maximum atomic E-state index is 10.8. The van der Waals surface area contributed by atoms with E-state index >= 15 is 0 Å². The summed E-state index contributed by atoms with van der Waals surface area (Å²) in [5, 5.41) is 0.386. The van der Waals surface area contributed by atoms with Gasteiger partial charge in [-0.25, -0.2) is 17.9 Å². The molecule has 13 heavy (non-hydrogen) atoms. The smallest absolute Gasteiger partial charge is 0.421 e. The van der Waals surface area contributed by atoms with E-state index in [0.717, 1.165) is 0 Å². The van der Waals surface area contributed by atoms with Crippen molar-refractivity contribution in [3.8, 4) is 0 Å². The second kappa shape index (κ2) is 3.78. The Morgan fingerprint density at radius 1 is 1.46 bits per heavy atom. The fourth-order valence-electron chi connectivity index (χ4n) is 0.449. The average molecular weight is 206 g/mol. The summed E-state index contributed by atoms with van der Waals surface area (Å²) in [5.74, 6) is 0. The van der Waals surface area contributed by atoms with Crippen LogP contribution in [0.15, 0.2) is 5.41 Å². The van der Waals surface area contributed by atoms with Crippen LogP contribution < -0.4 is 4.72 Å². The van der Waals surface area contributed by atoms with E-state index < -0.39 is 21.7 Å². The molecule has 6 heteroatoms. The van der Waals surface area contributed by atoms with Gasteiger partial charge in [-0.05, 0) is 27.4 Å². The zero-order valence-electron chi connectivity index (χ0n) is 7.70. The van der Waals surface area contributed by atoms with Gasteiger partial charge < -0.3 is 4.74 Å². The van der Waals surface area contributed by atoms with Gasteiger partial charge in [0.2, 0.25) is 0 Å². The van der Waals surface area contributed by atoms with Crippen LogP contribution in [-0.2, 0) is 14.8 Å². The van der Waals surface area contributed by atoms with Crippen molar-refractivity contribution < 1.29 is 17.9 Å². The summed E-state index contributed by atoms with van der Waals surface area (Å²) in [6.45, 7) is 9.58. The van der Waals surface area contributed by atoms with Crippen LogP contribution in [0.1, 0.15) is 20.8 Å². The van der Waals surface area contributed by atoms with Crippen molar-refractivity contribution in [2.45, 2.75) is 26.4 Å². The first-order chi connectivity index (χ1) is 5.66. The van der Waals surface area contributed by atoms with Gasteiger partial charge in [-0.15, -0.1) is 0 Å². The van der Waals surface area contributed by atoms with Gasteiger partial charge in [-0.1, -0.05) is 0 Å². The number of hydrogen-bond acceptors (Lipinski definition) is 4. The summed E-state index contributed by atoms with van der Waals surface area (Å²) in [5.41, 5.74) is -0.742. The first kappa shape index (κ1) is 12.0. The van der Waals surface area contributed by atoms with E-state index in [-0.39, 0.29) is 0 Å². The normalized spacial score (nSPS) is 11.9. The molecule has 0 heterocycles. The van der Waals surface area contributed by atoms with E-state index in [1.807, 2.05) is 0 Å². The van der Waals surface area contributed by atoms with Crippen molar-refractivity contribution in [1.29, 1.82) is 0 Å². The molecule has 0 unspecified atom stereocenters. The lowest BCUT2D eigenvalue weighted by Crippen LogP contribution is -2.35. The lowest BCUT2D eigenvalue weighted by molar-refractivity contribution is 0.0571. The molecule has 0 saturated heterocycles. The summed E-state index contributed by atoms with van der Waals surface area (Å²) < 4.78 is 27.7. The van der Waals surface area contributed by atoms with E-state index in [1.165, 1.54) is 0 Å². The average Bonchev–Trinajstić information content (AvgIpc) is 1.81. The van der Waals surface area contributed by atoms with Crippen LogP contribution in [0.5, 0.6) is 0 Å². The lowest BCUT2D eigenvalue weighted by atomic mass is 10.2. The van der Waals surface area contributed by atoms with Crippen molar-refractivity contribution in [2.24, 2.45) is 0 Å². The zero-order valence-corrected chi connectivity index (χ0v) is 8.51. The first-order valence-electron chi connectivity index (χ1n) is 3.47. The molecule has 1 N–H and O–H groups in total. The molecule has 0 atom stereocenters. The van der Waals surface area contributed by atoms with Crippen LogP contribution in [0.2, 0.25) is 0 Å². The standard InChI is InChI=1S/C7H12NO4S/c1-5-13(10,11)8-6(9)12-7(2,3)4/h1,5H,2-4H3,(H,8,9). The third-order valence-corrected chi connectivity index (χ3v) is 1.61. The number of ether oxygens (including phenoxy) is 1. The monoisotopic (exact) mass is 206 g/mol. The van der Waals surface area contributed by atoms with Crippen molar-refractivity contribution in [2.75, 3.05) is 0 Å². The predicted octanol–water partition coefficient (Wildman–Crippen LogP) is 0.788. The van der Waals surface area contributed by atoms with Gasteiger partial charge in [0.25, 0.3) is 10.0 Å². The van der Waals surface area contributed by atoms with Crippen LogP contribution >= 0.6 is 0 Å². The number of hydrogen-bond donors (Lipinski definition) is 1. The highest BCUT2D eigenvalue weighted by molar-refractivity contribution is 7.92. The molecule has 0 aromatic rings. The van der Waals surface area contributed by atoms with E-state index in [0.29, 0.717) is 5.41 Å². The zero-order chi connectivity index (χ0) is 10.7. The minimum Gasteiger partial charge on any atom is -0.443 e. The fraction of sp³-hybridized carbons (Fsp3) is 0.571. The van der Waals surface area contributed by atoms with Crippen LogP contribution in [0.4, 0.5) is 4.79 Å². The maximum absolute atomic E-state index is 10.8. The molecule has 1 amide bonds. The summed E-state index contributed by atoms with van der Waals surface area (Å²) in [6, 6.07) is 0. The van der Waals surface area contributed by atoms with Crippen molar-refractivity contribution in [3.63, 3.8) is 0 Å².